The number of nitro benzene ring substituents is 1. The van der Waals surface area contributed by atoms with Gasteiger partial charge in [-0.05, 0) is 53.9 Å². The van der Waals surface area contributed by atoms with Crippen LogP contribution in [0, 0.1) is 22.5 Å². The summed E-state index contributed by atoms with van der Waals surface area (Å²) in [6, 6.07) is 27.6. The summed E-state index contributed by atoms with van der Waals surface area (Å²) in [5, 5.41) is 26.4. The van der Waals surface area contributed by atoms with E-state index in [1.165, 1.54) is 38.8 Å². The molecule has 386 valence electrons. The minimum Gasteiger partial charge on any atom is -0.497 e. The molecule has 21 nitrogen and oxygen atoms in total. The Labute approximate surface area is 421 Å². The third kappa shape index (κ3) is 13.4. The van der Waals surface area contributed by atoms with Crippen LogP contribution < -0.4 is 24.3 Å². The molecular formula is C52H58N6O15. The highest BCUT2D eigenvalue weighted by molar-refractivity contribution is 5.93. The lowest BCUT2D eigenvalue weighted by atomic mass is 9.80. The van der Waals surface area contributed by atoms with Gasteiger partial charge in [0.05, 0.1) is 103 Å². The van der Waals surface area contributed by atoms with Crippen LogP contribution >= 0.6 is 0 Å². The van der Waals surface area contributed by atoms with Gasteiger partial charge in [0, 0.05) is 6.42 Å². The first-order valence-electron chi connectivity index (χ1n) is 23.3. The normalized spacial score (nSPS) is 15.9. The number of ether oxygens (including phenoxy) is 11. The monoisotopic (exact) mass is 1010 g/mol. The Kier molecular flexibility index (Phi) is 19.3. The number of methoxy groups -OCH3 is 3. The number of nitro groups is 1. The van der Waals surface area contributed by atoms with Crippen molar-refractivity contribution in [2.45, 2.75) is 43.5 Å². The van der Waals surface area contributed by atoms with E-state index in [1.54, 1.807) is 18.8 Å². The fraction of sp³-hybridized carbons (Fsp3) is 0.385. The molecular weight excluding hydrogens is 949 g/mol. The van der Waals surface area contributed by atoms with Gasteiger partial charge in [-0.15, -0.1) is 6.42 Å². The Morgan fingerprint density at radius 3 is 2.03 bits per heavy atom. The Bertz CT molecular complexity index is 2710. The van der Waals surface area contributed by atoms with Crippen molar-refractivity contribution in [3.05, 3.63) is 136 Å². The van der Waals surface area contributed by atoms with Crippen LogP contribution in [0.3, 0.4) is 0 Å². The van der Waals surface area contributed by atoms with Crippen LogP contribution in [-0.2, 0) is 38.8 Å². The van der Waals surface area contributed by atoms with E-state index < -0.39 is 41.2 Å². The minimum absolute atomic E-state index is 0.00278. The van der Waals surface area contributed by atoms with Crippen molar-refractivity contribution >= 4 is 28.8 Å². The van der Waals surface area contributed by atoms with Crippen LogP contribution in [0.15, 0.2) is 104 Å². The zero-order valence-corrected chi connectivity index (χ0v) is 40.9. The quantitative estimate of drug-likeness (QED) is 0.0169. The number of rotatable bonds is 28. The number of hydrogen-bond donors (Lipinski definition) is 2. The van der Waals surface area contributed by atoms with E-state index in [-0.39, 0.29) is 73.5 Å². The van der Waals surface area contributed by atoms with Crippen LogP contribution in [-0.4, -0.2) is 135 Å². The molecule has 21 heteroatoms. The smallest absolute Gasteiger partial charge is 0.413 e. The maximum absolute atomic E-state index is 13.4. The second-order valence-corrected chi connectivity index (χ2v) is 16.2. The molecule has 0 bridgehead atoms. The molecule has 4 aromatic carbocycles. The number of nitrogens with zero attached hydrogens (tertiary/aromatic N) is 5. The van der Waals surface area contributed by atoms with Crippen molar-refractivity contribution < 1.29 is 66.9 Å². The largest absolute Gasteiger partial charge is 0.497 e. The number of terminal acetylenes is 1. The van der Waals surface area contributed by atoms with E-state index in [0.29, 0.717) is 50.2 Å². The highest BCUT2D eigenvalue weighted by atomic mass is 16.6. The summed E-state index contributed by atoms with van der Waals surface area (Å²) in [5.41, 5.74) is 1.49. The van der Waals surface area contributed by atoms with Gasteiger partial charge in [0.25, 0.3) is 5.69 Å². The Balaban J connectivity index is 0.972. The van der Waals surface area contributed by atoms with Gasteiger partial charge >= 0.3 is 6.09 Å². The molecule has 4 atom stereocenters. The Morgan fingerprint density at radius 2 is 1.44 bits per heavy atom. The van der Waals surface area contributed by atoms with E-state index in [0.717, 1.165) is 16.7 Å². The number of fused-ring (bicyclic) bond motifs is 1. The highest BCUT2D eigenvalue weighted by Gasteiger charge is 2.42. The van der Waals surface area contributed by atoms with Crippen molar-refractivity contribution in [1.29, 1.82) is 0 Å². The lowest BCUT2D eigenvalue weighted by Gasteiger charge is -2.37. The second-order valence-electron chi connectivity index (χ2n) is 16.2. The molecule has 6 aromatic rings. The number of benzene rings is 4. The second kappa shape index (κ2) is 26.3. The molecule has 1 aliphatic heterocycles. The van der Waals surface area contributed by atoms with Crippen LogP contribution in [0.1, 0.15) is 47.9 Å². The number of amides is 1. The number of carbonyl (C=O) groups excluding carboxylic acids is 1. The topological polar surface area (TPSA) is 238 Å². The fourth-order valence-electron chi connectivity index (χ4n) is 8.14. The number of nitrogens with one attached hydrogen (secondary N) is 1. The van der Waals surface area contributed by atoms with Gasteiger partial charge < -0.3 is 57.2 Å². The summed E-state index contributed by atoms with van der Waals surface area (Å²) in [7, 11) is 4.59. The molecule has 73 heavy (non-hydrogen) atoms. The number of aromatic nitrogens is 4. The summed E-state index contributed by atoms with van der Waals surface area (Å²) >= 11 is 0. The predicted octanol–water partition coefficient (Wildman–Crippen LogP) is 6.81. The van der Waals surface area contributed by atoms with Gasteiger partial charge in [0.1, 0.15) is 55.1 Å². The third-order valence-corrected chi connectivity index (χ3v) is 11.7. The molecule has 2 aromatic heterocycles. The lowest BCUT2D eigenvalue weighted by molar-refractivity contribution is -0.386. The molecule has 2 N–H and O–H groups in total. The van der Waals surface area contributed by atoms with Gasteiger partial charge in [-0.1, -0.05) is 60.5 Å². The van der Waals surface area contributed by atoms with Gasteiger partial charge in [-0.2, -0.15) is 0 Å². The van der Waals surface area contributed by atoms with E-state index in [2.05, 4.69) is 26.2 Å². The molecule has 1 amide bonds. The van der Waals surface area contributed by atoms with Crippen molar-refractivity contribution in [2.24, 2.45) is 0 Å². The maximum atomic E-state index is 13.4. The SMILES string of the molecule is C#CCOCCOCCOCCOCCOc1cc([N+](=O)[O-])c(C(C)OC(=O)Nc2ncnc3c2ncn3[C@H]2C[C@H](O)[C@@H](COC(c3ccccc3)(c3ccc(OC)cc3)c3ccc(OC)cc3)O2)cc1OC. The van der Waals surface area contributed by atoms with Crippen molar-refractivity contribution in [1.82, 2.24) is 19.5 Å². The van der Waals surface area contributed by atoms with E-state index in [4.69, 9.17) is 58.5 Å². The highest BCUT2D eigenvalue weighted by Crippen LogP contribution is 2.43. The minimum atomic E-state index is -1.15. The summed E-state index contributed by atoms with van der Waals surface area (Å²) < 4.78 is 64.5. The zero-order chi connectivity index (χ0) is 51.6. The number of hydrogen-bond acceptors (Lipinski definition) is 18. The number of aliphatic hydroxyl groups excluding tert-OH is 1. The summed E-state index contributed by atoms with van der Waals surface area (Å²) in [6.07, 6.45) is 3.39. The number of aliphatic hydroxyl groups is 1. The molecule has 0 radical (unpaired) electrons. The number of anilines is 1. The number of carbonyl (C=O) groups is 1. The molecule has 0 spiro atoms. The lowest BCUT2D eigenvalue weighted by Crippen LogP contribution is -2.38. The first-order valence-corrected chi connectivity index (χ1v) is 23.3. The van der Waals surface area contributed by atoms with Crippen LogP contribution in [0.25, 0.3) is 11.2 Å². The summed E-state index contributed by atoms with van der Waals surface area (Å²) in [5.74, 6) is 4.00. The Hall–Kier alpha value is -7.42. The summed E-state index contributed by atoms with van der Waals surface area (Å²) in [4.78, 5) is 38.2. The van der Waals surface area contributed by atoms with E-state index >= 15 is 0 Å². The zero-order valence-electron chi connectivity index (χ0n) is 40.9. The third-order valence-electron chi connectivity index (χ3n) is 11.7. The molecule has 3 heterocycles. The molecule has 0 aliphatic carbocycles. The van der Waals surface area contributed by atoms with E-state index in [9.17, 15) is 20.0 Å². The number of imidazole rings is 1. The van der Waals surface area contributed by atoms with Crippen LogP contribution in [0.2, 0.25) is 0 Å². The molecule has 1 saturated heterocycles. The predicted molar refractivity (Wildman–Crippen MR) is 264 cm³/mol. The molecule has 1 unspecified atom stereocenters. The maximum Gasteiger partial charge on any atom is 0.413 e. The molecule has 0 saturated carbocycles. The summed E-state index contributed by atoms with van der Waals surface area (Å²) in [6.45, 7) is 4.11. The molecule has 7 rings (SSSR count). The molecule has 1 fully saturated rings. The first-order chi connectivity index (χ1) is 35.6. The van der Waals surface area contributed by atoms with Gasteiger partial charge in [-0.25, -0.2) is 19.7 Å². The van der Waals surface area contributed by atoms with Gasteiger partial charge in [0.15, 0.2) is 28.5 Å². The average molecular weight is 1010 g/mol. The van der Waals surface area contributed by atoms with Gasteiger partial charge in [0.2, 0.25) is 0 Å². The fourth-order valence-corrected chi connectivity index (χ4v) is 8.14. The Morgan fingerprint density at radius 1 is 0.836 bits per heavy atom. The van der Waals surface area contributed by atoms with Crippen LogP contribution in [0.5, 0.6) is 23.0 Å². The van der Waals surface area contributed by atoms with E-state index in [1.807, 2.05) is 78.9 Å². The van der Waals surface area contributed by atoms with Crippen molar-refractivity contribution in [3.8, 4) is 35.3 Å². The average Bonchev–Trinajstić information content (AvgIpc) is 4.02. The van der Waals surface area contributed by atoms with Gasteiger partial charge in [-0.3, -0.25) is 20.0 Å². The van der Waals surface area contributed by atoms with Crippen molar-refractivity contribution in [3.63, 3.8) is 0 Å². The molecule has 1 aliphatic rings. The van der Waals surface area contributed by atoms with Crippen LogP contribution in [0.4, 0.5) is 16.3 Å². The van der Waals surface area contributed by atoms with Crippen molar-refractivity contribution in [2.75, 3.05) is 92.7 Å². The first kappa shape index (κ1) is 53.4. The standard InChI is InChI=1S/C52H58N6O15/c1-6-20-66-21-22-67-23-24-68-25-26-69-27-28-70-45-30-42(58(61)62)41(29-44(45)65-5)35(2)72-51(60)56-49-48-50(54-33-53-49)57(34-55-48)47-31-43(59)46(73-47)32-71-52(36-10-8-7-9-11-36,37-12-16-39(63-3)17-13-37)38-14-18-40(64-4)19-15-38/h1,7-19,29-30,33-35,43,46-47,59H,20-28,31-32H2,2-5H3,(H,53,54,56,60)/t35?,43-,46+,47+/m0/s1.